The van der Waals surface area contributed by atoms with E-state index in [9.17, 15) is 45.3 Å². The average molecular weight is 1180 g/mol. The third kappa shape index (κ3) is 11.6. The molecule has 20 heteroatoms. The third-order valence-electron chi connectivity index (χ3n) is 18.8. The largest absolute Gasteiger partial charge is 0.507 e. The number of carbonyl (C=O) groups is 4. The molecule has 13 N–H and O–H groups in total. The molecule has 0 spiro atoms. The van der Waals surface area contributed by atoms with Crippen LogP contribution in [-0.4, -0.2) is 141 Å². The van der Waals surface area contributed by atoms with Gasteiger partial charge in [-0.2, -0.15) is 0 Å². The molecule has 4 aromatic carbocycles. The van der Waals surface area contributed by atoms with E-state index in [-0.39, 0.29) is 94.1 Å². The van der Waals surface area contributed by atoms with Gasteiger partial charge in [0.1, 0.15) is 23.4 Å². The Kier molecular flexibility index (Phi) is 17.7. The quantitative estimate of drug-likeness (QED) is 0.0262. The first-order valence-corrected chi connectivity index (χ1v) is 30.1. The summed E-state index contributed by atoms with van der Waals surface area (Å²) in [4.78, 5) is 63.2. The van der Waals surface area contributed by atoms with E-state index < -0.39 is 114 Å². The zero-order valence-corrected chi connectivity index (χ0v) is 48.5. The minimum Gasteiger partial charge on any atom is -0.507 e. The molecule has 456 valence electrons. The van der Waals surface area contributed by atoms with Crippen molar-refractivity contribution in [3.63, 3.8) is 0 Å². The van der Waals surface area contributed by atoms with Crippen LogP contribution in [0.3, 0.4) is 0 Å². The maximum atomic E-state index is 16.3. The molecule has 3 fully saturated rings. The molecule has 0 amide bonds. The summed E-state index contributed by atoms with van der Waals surface area (Å²) >= 11 is 0. The van der Waals surface area contributed by atoms with Crippen LogP contribution in [0.5, 0.6) is 17.2 Å². The number of phenolic OH excluding ortho intramolecular Hbond substituents is 1. The van der Waals surface area contributed by atoms with Crippen molar-refractivity contribution in [1.29, 1.82) is 0 Å². The fraction of sp³-hybridized carbons (Fsp3) is 0.500. The molecule has 5 aliphatic carbocycles. The SMILES string of the molecule is CNCC1CCC2CCc3ccc(Cc4c(O)c5c6c(c4OC4OC(C7CCCC7)C(O)C(O)(O)C4OCC4CCN=C(N)N4)CC#CC(N)CCC(O)Cc4cccc(c4)C=Cc4c(OC(C)=O)cc(CO)c(c4C6=O)C5=O)c(C=O)c3C2(O)C1. The number of carbonyl (C=O) groups excluding carboxylic acids is 4. The molecular weight excluding hydrogens is 1100 g/mol. The molecule has 11 rings (SSSR count). The van der Waals surface area contributed by atoms with Gasteiger partial charge in [-0.15, -0.1) is 0 Å². The van der Waals surface area contributed by atoms with E-state index in [2.05, 4.69) is 27.5 Å². The van der Waals surface area contributed by atoms with Gasteiger partial charge >= 0.3 is 5.97 Å². The second kappa shape index (κ2) is 25.1. The lowest BCUT2D eigenvalue weighted by atomic mass is 9.61. The molecule has 0 radical (unpaired) electrons. The summed E-state index contributed by atoms with van der Waals surface area (Å²) < 4.78 is 26.0. The number of rotatable bonds is 13. The number of aliphatic hydroxyl groups is 6. The smallest absolute Gasteiger partial charge is 0.308 e. The fourth-order valence-corrected chi connectivity index (χ4v) is 14.6. The van der Waals surface area contributed by atoms with Crippen LogP contribution >= 0.6 is 0 Å². The predicted molar refractivity (Wildman–Crippen MR) is 316 cm³/mol. The summed E-state index contributed by atoms with van der Waals surface area (Å²) in [6.45, 7) is 1.07. The minimum absolute atomic E-state index is 0.0292. The first-order valence-electron chi connectivity index (χ1n) is 30.1. The topological polar surface area (TPSA) is 335 Å². The van der Waals surface area contributed by atoms with Crippen LogP contribution < -0.4 is 31.6 Å². The molecule has 10 atom stereocenters. The first kappa shape index (κ1) is 60.8. The molecule has 2 heterocycles. The molecule has 0 aromatic heterocycles. The number of benzene rings is 4. The number of aldehydes is 1. The molecule has 7 aliphatic rings. The molecule has 10 unspecified atom stereocenters. The van der Waals surface area contributed by atoms with Gasteiger partial charge in [-0.1, -0.05) is 67.2 Å². The number of ether oxygens (including phenoxy) is 4. The number of nitrogens with zero attached hydrogens (tertiary/aromatic N) is 1. The first-order chi connectivity index (χ1) is 41.3. The Bertz CT molecular complexity index is 3450. The number of hydrogen-bond donors (Lipinski definition) is 11. The summed E-state index contributed by atoms with van der Waals surface area (Å²) in [5.41, 5.74) is 12.5. The highest BCUT2D eigenvalue weighted by Gasteiger charge is 2.59. The van der Waals surface area contributed by atoms with Crippen molar-refractivity contribution in [2.45, 2.75) is 164 Å². The second-order valence-corrected chi connectivity index (χ2v) is 24.5. The molecule has 4 bridgehead atoms. The van der Waals surface area contributed by atoms with Gasteiger partial charge in [0.2, 0.25) is 12.1 Å². The number of phenols is 1. The standard InChI is InChI=1S/C66H77N5O15/c1-34(74)84-50-28-41(31-72)51-52-46(50)22-14-35-7-5-8-36(25-35)26-45(75)21-20-43(67)11-6-12-47-53(58(52)78)54(57(51)77)56(76)48(27-40-16-15-38-17-19-42-18-13-37(30-69-2)29-65(42,80)55(38)49(40)32-73)60(47)86-63-62(83-33-44-23-24-70-64(68)71-44)66(81,82)61(79)59(85-63)39-9-3-4-10-39/h5,7-8,14-16,22,25,28,32,37,39,42-45,59,61-63,69,72,75-76,79-82H,3-4,9-10,12-13,17-21,23-24,26-27,29-31,33,67H2,1-2H3,(H3,68,70,71). The lowest BCUT2D eigenvalue weighted by molar-refractivity contribution is -0.386. The Balaban J connectivity index is 1.17. The van der Waals surface area contributed by atoms with E-state index in [4.69, 9.17) is 30.4 Å². The van der Waals surface area contributed by atoms with Gasteiger partial charge in [0.25, 0.3) is 0 Å². The number of fused-ring (bicyclic) bond motifs is 5. The van der Waals surface area contributed by atoms with Crippen molar-refractivity contribution < 1.29 is 73.9 Å². The average Bonchev–Trinajstić information content (AvgIpc) is 0.807. The summed E-state index contributed by atoms with van der Waals surface area (Å²) in [6.07, 6.45) is 2.25. The van der Waals surface area contributed by atoms with Crippen LogP contribution in [0.15, 0.2) is 47.5 Å². The van der Waals surface area contributed by atoms with Gasteiger partial charge in [0, 0.05) is 65.3 Å². The molecule has 20 nitrogen and oxygen atoms in total. The van der Waals surface area contributed by atoms with E-state index in [1.807, 2.05) is 25.2 Å². The van der Waals surface area contributed by atoms with Crippen LogP contribution in [-0.2, 0) is 52.2 Å². The molecule has 1 saturated heterocycles. The van der Waals surface area contributed by atoms with Crippen molar-refractivity contribution in [2.24, 2.45) is 34.2 Å². The number of aryl methyl sites for hydroxylation is 1. The number of ketones is 2. The number of nitrogens with one attached hydrogen (secondary N) is 2. The van der Waals surface area contributed by atoms with Gasteiger partial charge in [0.15, 0.2) is 29.9 Å². The van der Waals surface area contributed by atoms with E-state index >= 15 is 9.59 Å². The number of aliphatic imine (C=N–C) groups is 1. The highest BCUT2D eigenvalue weighted by molar-refractivity contribution is 6.32. The van der Waals surface area contributed by atoms with Gasteiger partial charge in [-0.05, 0) is 147 Å². The van der Waals surface area contributed by atoms with E-state index in [1.165, 1.54) is 12.1 Å². The molecular formula is C66H77N5O15. The van der Waals surface area contributed by atoms with Crippen LogP contribution in [0.1, 0.15) is 170 Å². The van der Waals surface area contributed by atoms with Gasteiger partial charge in [-0.25, -0.2) is 0 Å². The number of guanidine groups is 1. The Labute approximate surface area is 499 Å². The lowest BCUT2D eigenvalue weighted by Gasteiger charge is -2.48. The van der Waals surface area contributed by atoms with Crippen LogP contribution in [0.4, 0.5) is 0 Å². The van der Waals surface area contributed by atoms with Crippen molar-refractivity contribution in [3.05, 3.63) is 120 Å². The van der Waals surface area contributed by atoms with E-state index in [1.54, 1.807) is 24.3 Å². The Morgan fingerprint density at radius 2 is 1.74 bits per heavy atom. The maximum absolute atomic E-state index is 16.3. The number of aromatic hydroxyl groups is 1. The monoisotopic (exact) mass is 1180 g/mol. The zero-order chi connectivity index (χ0) is 60.8. The second-order valence-electron chi connectivity index (χ2n) is 24.5. The number of nitrogens with two attached hydrogens (primary N) is 2. The van der Waals surface area contributed by atoms with Gasteiger partial charge in [-0.3, -0.25) is 24.2 Å². The van der Waals surface area contributed by atoms with E-state index in [0.29, 0.717) is 74.6 Å². The van der Waals surface area contributed by atoms with Gasteiger partial charge in [0.05, 0.1) is 48.7 Å². The van der Waals surface area contributed by atoms with Crippen LogP contribution in [0.2, 0.25) is 0 Å². The fourth-order valence-electron chi connectivity index (χ4n) is 14.6. The van der Waals surface area contributed by atoms with Crippen molar-refractivity contribution in [2.75, 3.05) is 26.7 Å². The van der Waals surface area contributed by atoms with Crippen LogP contribution in [0.25, 0.3) is 12.2 Å². The van der Waals surface area contributed by atoms with E-state index in [0.717, 1.165) is 43.7 Å². The number of aliphatic hydroxyl groups excluding tert-OH is 3. The number of esters is 1. The normalized spacial score (nSPS) is 27.9. The summed E-state index contributed by atoms with van der Waals surface area (Å²) in [5.74, 6) is -1.11. The summed E-state index contributed by atoms with van der Waals surface area (Å²) in [5, 5.41) is 91.7. The minimum atomic E-state index is -3.08. The molecule has 86 heavy (non-hydrogen) atoms. The van der Waals surface area contributed by atoms with Gasteiger partial charge < -0.3 is 76.8 Å². The highest BCUT2D eigenvalue weighted by atomic mass is 16.7. The molecule has 4 aromatic rings. The molecule has 2 aliphatic heterocycles. The van der Waals surface area contributed by atoms with Crippen LogP contribution in [0, 0.1) is 29.6 Å². The Morgan fingerprint density at radius 3 is 2.49 bits per heavy atom. The van der Waals surface area contributed by atoms with Crippen molar-refractivity contribution in [3.8, 4) is 29.1 Å². The Morgan fingerprint density at radius 1 is 0.953 bits per heavy atom. The third-order valence-corrected chi connectivity index (χ3v) is 18.8. The van der Waals surface area contributed by atoms with Crippen molar-refractivity contribution in [1.82, 2.24) is 10.6 Å². The van der Waals surface area contributed by atoms with Crippen molar-refractivity contribution >= 4 is 41.9 Å². The maximum Gasteiger partial charge on any atom is 0.308 e. The summed E-state index contributed by atoms with van der Waals surface area (Å²) in [7, 11) is 1.85. The zero-order valence-electron chi connectivity index (χ0n) is 48.5. The highest BCUT2D eigenvalue weighted by Crippen LogP contribution is 2.53. The predicted octanol–water partition coefficient (Wildman–Crippen LogP) is 3.90. The Hall–Kier alpha value is -6.87. The molecule has 2 saturated carbocycles. The lowest BCUT2D eigenvalue weighted by Crippen LogP contribution is -2.69. The summed E-state index contributed by atoms with van der Waals surface area (Å²) in [6, 6.07) is 10.8. The number of hydrogen-bond acceptors (Lipinski definition) is 20.